The van der Waals surface area contributed by atoms with Gasteiger partial charge in [-0.1, -0.05) is 77.9 Å². The molecule has 66 heavy (non-hydrogen) atoms. The van der Waals surface area contributed by atoms with Crippen LogP contribution in [0.1, 0.15) is 101 Å². The Morgan fingerprint density at radius 2 is 0.909 bits per heavy atom. The summed E-state index contributed by atoms with van der Waals surface area (Å²) >= 11 is 0. The zero-order valence-electron chi connectivity index (χ0n) is 39.3. The molecule has 6 aliphatic rings. The third-order valence-electron chi connectivity index (χ3n) is 15.1. The van der Waals surface area contributed by atoms with Gasteiger partial charge >= 0.3 is 0 Å². The molecule has 4 N–H and O–H groups in total. The van der Waals surface area contributed by atoms with Gasteiger partial charge in [0.15, 0.2) is 23.0 Å². The van der Waals surface area contributed by atoms with Gasteiger partial charge in [0.05, 0.1) is 49.3 Å². The molecule has 0 radical (unpaired) electrons. The molecule has 0 amide bonds. The minimum Gasteiger partial charge on any atom is -0.454 e. The summed E-state index contributed by atoms with van der Waals surface area (Å²) in [6.07, 6.45) is 5.93. The van der Waals surface area contributed by atoms with E-state index in [2.05, 4.69) is 75.6 Å². The normalized spacial score (nSPS) is 20.3. The SMILES string of the molecule is CC(C)(C)C1Cc2cc(CC(=O)C3(c4ccc5c(c4)OCO5)CC3)ccc2N1C(CO)CO.CC(C)(C)C1Cc2cc(CC(=O)C3(c4ccc5c(c4)OCO5)CC3)ccc2N1C(CO)CO. The van der Waals surface area contributed by atoms with Crippen LogP contribution in [0.2, 0.25) is 0 Å². The second kappa shape index (κ2) is 17.5. The van der Waals surface area contributed by atoms with E-state index in [0.717, 1.165) is 95.2 Å². The lowest BCUT2D eigenvalue weighted by atomic mass is 9.83. The summed E-state index contributed by atoms with van der Waals surface area (Å²) in [7, 11) is 0. The van der Waals surface area contributed by atoms with E-state index in [1.165, 1.54) is 11.1 Å². The molecule has 0 saturated heterocycles. The molecule has 4 aromatic rings. The molecule has 2 unspecified atom stereocenters. The molecule has 0 bridgehead atoms. The van der Waals surface area contributed by atoms with Gasteiger partial charge in [-0.05, 0) is 119 Å². The number of aliphatic hydroxyl groups is 4. The fourth-order valence-electron chi connectivity index (χ4n) is 10.9. The molecule has 0 aromatic heterocycles. The topological polar surface area (TPSA) is 158 Å². The summed E-state index contributed by atoms with van der Waals surface area (Å²) in [6.45, 7) is 13.2. The van der Waals surface area contributed by atoms with Gasteiger partial charge in [-0.15, -0.1) is 0 Å². The second-order valence-electron chi connectivity index (χ2n) is 21.5. The van der Waals surface area contributed by atoms with Crippen molar-refractivity contribution in [3.05, 3.63) is 106 Å². The van der Waals surface area contributed by atoms with Crippen molar-refractivity contribution < 1.29 is 49.0 Å². The Morgan fingerprint density at radius 1 is 0.545 bits per heavy atom. The van der Waals surface area contributed by atoms with Crippen molar-refractivity contribution in [2.45, 2.75) is 128 Å². The van der Waals surface area contributed by atoms with Gasteiger partial charge in [-0.2, -0.15) is 0 Å². The summed E-state index contributed by atoms with van der Waals surface area (Å²) in [5, 5.41) is 39.5. The number of carbonyl (C=O) groups excluding carboxylic acids is 2. The van der Waals surface area contributed by atoms with Crippen molar-refractivity contribution in [2.24, 2.45) is 10.8 Å². The van der Waals surface area contributed by atoms with E-state index in [1.807, 2.05) is 48.5 Å². The zero-order chi connectivity index (χ0) is 46.8. The predicted molar refractivity (Wildman–Crippen MR) is 252 cm³/mol. The predicted octanol–water partition coefficient (Wildman–Crippen LogP) is 6.78. The summed E-state index contributed by atoms with van der Waals surface area (Å²) in [4.78, 5) is 31.2. The number of rotatable bonds is 14. The van der Waals surface area contributed by atoms with Crippen LogP contribution in [0.25, 0.3) is 0 Å². The van der Waals surface area contributed by atoms with Crippen LogP contribution in [0.5, 0.6) is 23.0 Å². The van der Waals surface area contributed by atoms with E-state index in [4.69, 9.17) is 18.9 Å². The van der Waals surface area contributed by atoms with Gasteiger partial charge in [0, 0.05) is 36.3 Å². The Hall–Kier alpha value is -5.14. The maximum Gasteiger partial charge on any atom is 0.231 e. The first-order valence-electron chi connectivity index (χ1n) is 23.6. The van der Waals surface area contributed by atoms with Crippen molar-refractivity contribution in [2.75, 3.05) is 49.8 Å². The first-order valence-corrected chi connectivity index (χ1v) is 23.6. The Kier molecular flexibility index (Phi) is 12.2. The quantitative estimate of drug-likeness (QED) is 0.105. The molecular formula is C54H66N2O10. The Morgan fingerprint density at radius 3 is 1.24 bits per heavy atom. The molecule has 4 aliphatic heterocycles. The summed E-state index contributed by atoms with van der Waals surface area (Å²) in [6, 6.07) is 23.9. The van der Waals surface area contributed by atoms with Gasteiger partial charge in [0.1, 0.15) is 11.6 Å². The van der Waals surface area contributed by atoms with E-state index in [-0.39, 0.29) is 86.6 Å². The third-order valence-corrected chi connectivity index (χ3v) is 15.1. The van der Waals surface area contributed by atoms with Gasteiger partial charge < -0.3 is 49.2 Å². The molecule has 0 spiro atoms. The summed E-state index contributed by atoms with van der Waals surface area (Å²) in [5.74, 6) is 3.41. The van der Waals surface area contributed by atoms with Crippen LogP contribution in [-0.4, -0.2) is 96.2 Å². The average Bonchev–Trinajstić information content (AvgIpc) is 4.04. The number of carbonyl (C=O) groups is 2. The van der Waals surface area contributed by atoms with E-state index in [0.29, 0.717) is 12.8 Å². The van der Waals surface area contributed by atoms with Crippen LogP contribution < -0.4 is 28.7 Å². The lowest BCUT2D eigenvalue weighted by Gasteiger charge is -2.40. The molecule has 352 valence electrons. The summed E-state index contributed by atoms with van der Waals surface area (Å²) in [5.41, 5.74) is 7.67. The standard InChI is InChI=1S/2C27H33NO5/c2*1-26(2,3)24-12-18-10-17(4-6-21(18)28(24)20(14-29)15-30)11-25(31)27(8-9-27)19-5-7-22-23(13-19)33-16-32-22/h2*4-7,10,13,20,24,29-30H,8-9,11-12,14-16H2,1-3H3. The molecule has 10 rings (SSSR count). The molecule has 2 aliphatic carbocycles. The van der Waals surface area contributed by atoms with Crippen LogP contribution in [0.3, 0.4) is 0 Å². The van der Waals surface area contributed by atoms with E-state index < -0.39 is 10.8 Å². The van der Waals surface area contributed by atoms with Crippen LogP contribution in [0.4, 0.5) is 11.4 Å². The largest absolute Gasteiger partial charge is 0.454 e. The minimum absolute atomic E-state index is 0.0188. The molecule has 12 nitrogen and oxygen atoms in total. The highest BCUT2D eigenvalue weighted by Gasteiger charge is 2.52. The Labute approximate surface area is 388 Å². The highest BCUT2D eigenvalue weighted by Crippen LogP contribution is 2.53. The lowest BCUT2D eigenvalue weighted by molar-refractivity contribution is -0.121. The monoisotopic (exact) mass is 902 g/mol. The number of hydrogen-bond donors (Lipinski definition) is 4. The second-order valence-corrected chi connectivity index (χ2v) is 21.5. The van der Waals surface area contributed by atoms with Gasteiger partial charge in [0.25, 0.3) is 0 Å². The molecular weight excluding hydrogens is 837 g/mol. The number of ketones is 2. The first-order chi connectivity index (χ1) is 31.5. The van der Waals surface area contributed by atoms with E-state index >= 15 is 0 Å². The lowest BCUT2D eigenvalue weighted by Crippen LogP contribution is -2.50. The minimum atomic E-state index is -0.418. The molecule has 2 fully saturated rings. The highest BCUT2D eigenvalue weighted by atomic mass is 16.7. The Bertz CT molecular complexity index is 2300. The number of fused-ring (bicyclic) bond motifs is 4. The fraction of sp³-hybridized carbons (Fsp3) is 0.519. The molecule has 12 heteroatoms. The maximum absolute atomic E-state index is 13.4. The maximum atomic E-state index is 13.4. The zero-order valence-corrected chi connectivity index (χ0v) is 39.3. The molecule has 4 aromatic carbocycles. The first kappa shape index (κ1) is 46.0. The number of anilines is 2. The van der Waals surface area contributed by atoms with Crippen molar-refractivity contribution in [1.29, 1.82) is 0 Å². The molecule has 2 atom stereocenters. The number of aliphatic hydroxyl groups excluding tert-OH is 4. The van der Waals surface area contributed by atoms with Crippen molar-refractivity contribution >= 4 is 22.9 Å². The van der Waals surface area contributed by atoms with Gasteiger partial charge in [-0.3, -0.25) is 9.59 Å². The van der Waals surface area contributed by atoms with Crippen molar-refractivity contribution in [1.82, 2.24) is 0 Å². The average molecular weight is 903 g/mol. The van der Waals surface area contributed by atoms with Crippen LogP contribution in [-0.2, 0) is 46.1 Å². The number of Topliss-reactive ketones (excluding diaryl/α,β-unsaturated/α-hetero) is 2. The number of benzene rings is 4. The van der Waals surface area contributed by atoms with Crippen molar-refractivity contribution in [3.63, 3.8) is 0 Å². The third kappa shape index (κ3) is 8.43. The highest BCUT2D eigenvalue weighted by molar-refractivity contribution is 5.95. The van der Waals surface area contributed by atoms with Gasteiger partial charge in [-0.25, -0.2) is 0 Å². The fourth-order valence-corrected chi connectivity index (χ4v) is 10.9. The summed E-state index contributed by atoms with van der Waals surface area (Å²) < 4.78 is 21.9. The number of nitrogens with zero attached hydrogens (tertiary/aromatic N) is 2. The smallest absolute Gasteiger partial charge is 0.231 e. The van der Waals surface area contributed by atoms with E-state index in [9.17, 15) is 30.0 Å². The Balaban J connectivity index is 0.000000166. The van der Waals surface area contributed by atoms with E-state index in [1.54, 1.807) is 0 Å². The van der Waals surface area contributed by atoms with Gasteiger partial charge in [0.2, 0.25) is 13.6 Å². The van der Waals surface area contributed by atoms with Crippen LogP contribution >= 0.6 is 0 Å². The number of hydrogen-bond acceptors (Lipinski definition) is 12. The molecule has 2 saturated carbocycles. The van der Waals surface area contributed by atoms with Crippen LogP contribution in [0.15, 0.2) is 72.8 Å². The number of ether oxygens (including phenoxy) is 4. The molecule has 4 heterocycles. The van der Waals surface area contributed by atoms with Crippen LogP contribution in [0, 0.1) is 10.8 Å². The van der Waals surface area contributed by atoms with Crippen molar-refractivity contribution in [3.8, 4) is 23.0 Å².